The van der Waals surface area contributed by atoms with Crippen LogP contribution >= 0.6 is 23.8 Å². The number of nitrogens with one attached hydrogen (secondary N) is 3. The summed E-state index contributed by atoms with van der Waals surface area (Å²) in [5.74, 6) is -0.418. The van der Waals surface area contributed by atoms with Gasteiger partial charge in [-0.2, -0.15) is 0 Å². The molecule has 1 heterocycles. The quantitative estimate of drug-likeness (QED) is 0.445. The van der Waals surface area contributed by atoms with Gasteiger partial charge >= 0.3 is 12.0 Å². The Morgan fingerprint density at radius 2 is 1.84 bits per heavy atom. The molecule has 0 fully saturated rings. The van der Waals surface area contributed by atoms with E-state index in [-0.39, 0.29) is 0 Å². The minimum absolute atomic E-state index is 0.392. The SMILES string of the molecule is CCN1C(=S)N[C@H](c2ccc(NC(=O)Nc3cccc(Cl)c3)cc2)C(C(=O)OC)=C1C. The lowest BCUT2D eigenvalue weighted by atomic mass is 9.95. The molecule has 162 valence electrons. The van der Waals surface area contributed by atoms with E-state index >= 15 is 0 Å². The number of ether oxygens (including phenoxy) is 1. The van der Waals surface area contributed by atoms with E-state index in [1.807, 2.05) is 30.9 Å². The van der Waals surface area contributed by atoms with E-state index in [1.165, 1.54) is 7.11 Å². The number of carbonyl (C=O) groups excluding carboxylic acids is 2. The number of allylic oxidation sites excluding steroid dienone is 1. The number of urea groups is 1. The third-order valence-corrected chi connectivity index (χ3v) is 5.48. The van der Waals surface area contributed by atoms with Crippen LogP contribution in [0.15, 0.2) is 59.8 Å². The molecule has 0 aromatic heterocycles. The average molecular weight is 459 g/mol. The number of nitrogens with zero attached hydrogens (tertiary/aromatic N) is 1. The monoisotopic (exact) mass is 458 g/mol. The molecule has 3 rings (SSSR count). The van der Waals surface area contributed by atoms with E-state index < -0.39 is 18.0 Å². The number of hydrogen-bond acceptors (Lipinski definition) is 4. The molecule has 9 heteroatoms. The summed E-state index contributed by atoms with van der Waals surface area (Å²) in [6, 6.07) is 13.2. The summed E-state index contributed by atoms with van der Waals surface area (Å²) in [5.41, 5.74) is 3.25. The zero-order valence-corrected chi connectivity index (χ0v) is 18.9. The van der Waals surface area contributed by atoms with Crippen molar-refractivity contribution in [2.24, 2.45) is 0 Å². The summed E-state index contributed by atoms with van der Waals surface area (Å²) in [7, 11) is 1.36. The summed E-state index contributed by atoms with van der Waals surface area (Å²) in [6.45, 7) is 4.45. The molecular weight excluding hydrogens is 436 g/mol. The van der Waals surface area contributed by atoms with Crippen molar-refractivity contribution in [1.29, 1.82) is 0 Å². The topological polar surface area (TPSA) is 82.7 Å². The molecule has 31 heavy (non-hydrogen) atoms. The third kappa shape index (κ3) is 5.15. The lowest BCUT2D eigenvalue weighted by Gasteiger charge is -2.36. The lowest BCUT2D eigenvalue weighted by Crippen LogP contribution is -2.47. The fourth-order valence-corrected chi connectivity index (χ4v) is 3.98. The van der Waals surface area contributed by atoms with Gasteiger partial charge in [-0.3, -0.25) is 0 Å². The van der Waals surface area contributed by atoms with Crippen LogP contribution in [-0.2, 0) is 9.53 Å². The number of benzene rings is 2. The first-order valence-electron chi connectivity index (χ1n) is 9.64. The Balaban J connectivity index is 1.78. The third-order valence-electron chi connectivity index (χ3n) is 4.90. The van der Waals surface area contributed by atoms with Gasteiger partial charge in [0.2, 0.25) is 0 Å². The van der Waals surface area contributed by atoms with E-state index in [0.717, 1.165) is 11.3 Å². The molecule has 1 aliphatic rings. The minimum atomic E-state index is -0.447. The first-order valence-corrected chi connectivity index (χ1v) is 10.4. The first-order chi connectivity index (χ1) is 14.8. The zero-order chi connectivity index (χ0) is 22.5. The van der Waals surface area contributed by atoms with Gasteiger partial charge in [-0.05, 0) is 62.0 Å². The van der Waals surface area contributed by atoms with E-state index in [2.05, 4.69) is 16.0 Å². The summed E-state index contributed by atoms with van der Waals surface area (Å²) in [6.07, 6.45) is 0. The van der Waals surface area contributed by atoms with Gasteiger partial charge in [-0.1, -0.05) is 29.8 Å². The van der Waals surface area contributed by atoms with Crippen LogP contribution in [0.1, 0.15) is 25.5 Å². The van der Waals surface area contributed by atoms with Crippen LogP contribution in [0.3, 0.4) is 0 Å². The molecule has 2 aromatic carbocycles. The maximum absolute atomic E-state index is 12.5. The molecule has 0 spiro atoms. The van der Waals surface area contributed by atoms with Crippen molar-refractivity contribution >= 4 is 52.3 Å². The largest absolute Gasteiger partial charge is 0.466 e. The molecule has 1 atom stereocenters. The molecule has 0 saturated carbocycles. The van der Waals surface area contributed by atoms with Gasteiger partial charge in [0.15, 0.2) is 5.11 Å². The summed E-state index contributed by atoms with van der Waals surface area (Å²) < 4.78 is 5.00. The van der Waals surface area contributed by atoms with Gasteiger partial charge in [-0.15, -0.1) is 0 Å². The Morgan fingerprint density at radius 1 is 1.16 bits per heavy atom. The number of hydrogen-bond donors (Lipinski definition) is 3. The van der Waals surface area contributed by atoms with Crippen molar-refractivity contribution in [3.05, 3.63) is 70.4 Å². The van der Waals surface area contributed by atoms with Crippen molar-refractivity contribution < 1.29 is 14.3 Å². The number of anilines is 2. The molecule has 0 saturated heterocycles. The Hall–Kier alpha value is -3.10. The van der Waals surface area contributed by atoms with Crippen LogP contribution in [0.4, 0.5) is 16.2 Å². The summed E-state index contributed by atoms with van der Waals surface area (Å²) in [4.78, 5) is 26.6. The number of rotatable bonds is 5. The highest BCUT2D eigenvalue weighted by molar-refractivity contribution is 7.80. The number of amides is 2. The van der Waals surface area contributed by atoms with Crippen LogP contribution in [0.5, 0.6) is 0 Å². The van der Waals surface area contributed by atoms with Crippen molar-refractivity contribution in [3.63, 3.8) is 0 Å². The van der Waals surface area contributed by atoms with Gasteiger partial charge in [0, 0.05) is 28.6 Å². The van der Waals surface area contributed by atoms with Crippen molar-refractivity contribution in [1.82, 2.24) is 10.2 Å². The van der Waals surface area contributed by atoms with Gasteiger partial charge in [0.1, 0.15) is 0 Å². The molecule has 7 nitrogen and oxygen atoms in total. The van der Waals surface area contributed by atoms with Crippen molar-refractivity contribution in [2.75, 3.05) is 24.3 Å². The minimum Gasteiger partial charge on any atom is -0.466 e. The Bertz CT molecular complexity index is 1040. The predicted octanol–water partition coefficient (Wildman–Crippen LogP) is 4.68. The van der Waals surface area contributed by atoms with Gasteiger partial charge in [0.25, 0.3) is 0 Å². The van der Waals surface area contributed by atoms with Gasteiger partial charge in [-0.25, -0.2) is 9.59 Å². The summed E-state index contributed by atoms with van der Waals surface area (Å²) in [5, 5.41) is 9.78. The van der Waals surface area contributed by atoms with Crippen LogP contribution in [0.2, 0.25) is 5.02 Å². The van der Waals surface area contributed by atoms with Crippen molar-refractivity contribution in [2.45, 2.75) is 19.9 Å². The predicted molar refractivity (Wildman–Crippen MR) is 126 cm³/mol. The number of thiocarbonyl (C=S) groups is 1. The van der Waals surface area contributed by atoms with Crippen LogP contribution in [0.25, 0.3) is 0 Å². The van der Waals surface area contributed by atoms with E-state index in [1.54, 1.807) is 36.4 Å². The molecule has 0 bridgehead atoms. The van der Waals surface area contributed by atoms with E-state index in [0.29, 0.717) is 33.6 Å². The zero-order valence-electron chi connectivity index (χ0n) is 17.4. The normalized spacial score (nSPS) is 15.9. The number of methoxy groups -OCH3 is 1. The smallest absolute Gasteiger partial charge is 0.337 e. The van der Waals surface area contributed by atoms with Gasteiger partial charge in [0.05, 0.1) is 18.7 Å². The van der Waals surface area contributed by atoms with Crippen LogP contribution < -0.4 is 16.0 Å². The van der Waals surface area contributed by atoms with Gasteiger partial charge < -0.3 is 25.6 Å². The highest BCUT2D eigenvalue weighted by atomic mass is 35.5. The van der Waals surface area contributed by atoms with Crippen molar-refractivity contribution in [3.8, 4) is 0 Å². The molecule has 0 unspecified atom stereocenters. The Morgan fingerprint density at radius 3 is 2.45 bits per heavy atom. The Kier molecular flexibility index (Phi) is 7.14. The molecule has 0 aliphatic carbocycles. The maximum Gasteiger partial charge on any atom is 0.337 e. The fraction of sp³-hybridized carbons (Fsp3) is 0.227. The average Bonchev–Trinajstić information content (AvgIpc) is 2.73. The first kappa shape index (κ1) is 22.6. The number of esters is 1. The lowest BCUT2D eigenvalue weighted by molar-refractivity contribution is -0.136. The number of halogens is 1. The highest BCUT2D eigenvalue weighted by Gasteiger charge is 2.33. The summed E-state index contributed by atoms with van der Waals surface area (Å²) >= 11 is 11.4. The molecule has 1 aliphatic heterocycles. The second kappa shape index (κ2) is 9.80. The standard InChI is InChI=1S/C22H23ClN4O3S/c1-4-27-13(2)18(20(28)30-3)19(26-22(27)31)14-8-10-16(11-9-14)24-21(29)25-17-7-5-6-15(23)12-17/h5-12,19H,4H2,1-3H3,(H,26,31)(H2,24,25,29)/t19-/m1/s1. The fourth-order valence-electron chi connectivity index (χ4n) is 3.41. The maximum atomic E-state index is 12.5. The van der Waals surface area contributed by atoms with E-state index in [4.69, 9.17) is 28.6 Å². The van der Waals surface area contributed by atoms with E-state index in [9.17, 15) is 9.59 Å². The molecule has 2 aromatic rings. The molecule has 3 N–H and O–H groups in total. The second-order valence-corrected chi connectivity index (χ2v) is 7.65. The van der Waals surface area contributed by atoms with Crippen LogP contribution in [0, 0.1) is 0 Å². The Labute approximate surface area is 191 Å². The van der Waals surface area contributed by atoms with Crippen LogP contribution in [-0.4, -0.2) is 35.7 Å². The highest BCUT2D eigenvalue weighted by Crippen LogP contribution is 2.31. The molecule has 0 radical (unpaired) electrons. The molecular formula is C22H23ClN4O3S. The second-order valence-electron chi connectivity index (χ2n) is 6.83. The molecule has 2 amide bonds. The number of carbonyl (C=O) groups is 2.